The van der Waals surface area contributed by atoms with E-state index in [0.717, 1.165) is 8.46 Å². The van der Waals surface area contributed by atoms with Crippen LogP contribution in [0, 0.1) is 0 Å². The molecule has 34 valence electrons. The molecule has 0 amide bonds. The molecular formula is CuI2InSe. The molecule has 0 aromatic rings. The van der Waals surface area contributed by atoms with Gasteiger partial charge in [-0.3, -0.25) is 0 Å². The van der Waals surface area contributed by atoms with Crippen LogP contribution in [0.3, 0.4) is 0 Å². The van der Waals surface area contributed by atoms with Crippen molar-refractivity contribution in [1.29, 1.82) is 0 Å². The molecule has 0 saturated carbocycles. The third-order valence-corrected chi connectivity index (χ3v) is 0. The fourth-order valence-corrected chi connectivity index (χ4v) is 0. The second-order valence-corrected chi connectivity index (χ2v) is 13.6. The van der Waals surface area contributed by atoms with Crippen LogP contribution < -0.4 is 0 Å². The minimum atomic E-state index is 0. The summed E-state index contributed by atoms with van der Waals surface area (Å²) >= 11 is 4.68. The Hall–Kier alpha value is 3.37. The van der Waals surface area contributed by atoms with Gasteiger partial charge in [-0.05, 0) is 0 Å². The SMILES string of the molecule is I[Se]I.[Cu].[In]. The minimum Gasteiger partial charge on any atom is 0 e. The number of rotatable bonds is 0. The zero-order chi connectivity index (χ0) is 2.71. The van der Waals surface area contributed by atoms with Gasteiger partial charge < -0.3 is 0 Å². The summed E-state index contributed by atoms with van der Waals surface area (Å²) in [5, 5.41) is 0. The van der Waals surface area contributed by atoms with Crippen molar-refractivity contribution in [2.24, 2.45) is 0 Å². The first-order valence-corrected chi connectivity index (χ1v) is 10.8. The quantitative estimate of drug-likeness (QED) is 0.337. The normalized spacial score (nSPS) is 3.60. The summed E-state index contributed by atoms with van der Waals surface area (Å²) in [5.41, 5.74) is 0. The molecule has 0 heterocycles. The van der Waals surface area contributed by atoms with Gasteiger partial charge in [-0.2, -0.15) is 0 Å². The Morgan fingerprint density at radius 1 is 1.20 bits per heavy atom. The van der Waals surface area contributed by atoms with E-state index < -0.39 is 0 Å². The molecule has 0 unspecified atom stereocenters. The van der Waals surface area contributed by atoms with Gasteiger partial charge in [0.25, 0.3) is 0 Å². The third-order valence-electron chi connectivity index (χ3n) is 0. The Kier molecular flexibility index (Phi) is 49.4. The Bertz CT molecular complexity index is 9.61. The van der Waals surface area contributed by atoms with Gasteiger partial charge in [0.1, 0.15) is 0 Å². The fraction of sp³-hybridized carbons (Fsp3) is 0. The first kappa shape index (κ1) is 15.8. The zero-order valence-corrected chi connectivity index (χ0v) is 12.3. The molecule has 0 fully saturated rings. The van der Waals surface area contributed by atoms with Crippen LogP contribution >= 0.6 is 40.7 Å². The van der Waals surface area contributed by atoms with Crippen LogP contribution in [0.4, 0.5) is 0 Å². The van der Waals surface area contributed by atoms with Crippen molar-refractivity contribution in [2.75, 3.05) is 0 Å². The molecular weight excluding hydrogens is 511 g/mol. The summed E-state index contributed by atoms with van der Waals surface area (Å²) in [7, 11) is 0.815. The van der Waals surface area contributed by atoms with Gasteiger partial charge in [-0.1, -0.05) is 0 Å². The largest absolute Gasteiger partial charge is 0 e. The van der Waals surface area contributed by atoms with Crippen LogP contribution in [0.2, 0.25) is 0 Å². The topological polar surface area (TPSA) is 0 Å². The maximum atomic E-state index is 2.34. The molecule has 4 radical (unpaired) electrons. The van der Waals surface area contributed by atoms with Crippen LogP contribution in [-0.4, -0.2) is 34.3 Å². The Labute approximate surface area is 89.9 Å². The van der Waals surface area contributed by atoms with E-state index >= 15 is 0 Å². The van der Waals surface area contributed by atoms with E-state index in [2.05, 4.69) is 40.7 Å². The molecule has 0 aliphatic rings. The van der Waals surface area contributed by atoms with E-state index in [1.165, 1.54) is 0 Å². The Balaban J connectivity index is -0.0000000200. The zero-order valence-electron chi connectivity index (χ0n) is 2.04. The van der Waals surface area contributed by atoms with Gasteiger partial charge in [0.2, 0.25) is 0 Å². The van der Waals surface area contributed by atoms with Crippen molar-refractivity contribution in [3.63, 3.8) is 0 Å². The Morgan fingerprint density at radius 3 is 1.20 bits per heavy atom. The monoisotopic (exact) mass is 512 g/mol. The fourth-order valence-electron chi connectivity index (χ4n) is 0. The van der Waals surface area contributed by atoms with Crippen LogP contribution in [0.5, 0.6) is 0 Å². The smallest absolute Gasteiger partial charge is 0 e. The van der Waals surface area contributed by atoms with Crippen molar-refractivity contribution < 1.29 is 17.1 Å². The molecule has 0 aliphatic carbocycles. The second kappa shape index (κ2) is 15.7. The van der Waals surface area contributed by atoms with Crippen LogP contribution in [0.1, 0.15) is 0 Å². The van der Waals surface area contributed by atoms with Crippen LogP contribution in [-0.2, 0) is 17.1 Å². The average Bonchev–Trinajstić information content (AvgIpc) is 0.918. The van der Waals surface area contributed by atoms with Gasteiger partial charge in [0, 0.05) is 42.9 Å². The summed E-state index contributed by atoms with van der Waals surface area (Å²) < 4.78 is 0. The van der Waals surface area contributed by atoms with Crippen LogP contribution in [0.15, 0.2) is 0 Å². The molecule has 0 aliphatic heterocycles. The first-order valence-electron chi connectivity index (χ1n) is 0.309. The number of hydrogen-bond acceptors (Lipinski definition) is 0. The predicted molar refractivity (Wildman–Crippen MR) is 39.5 cm³/mol. The molecule has 0 nitrogen and oxygen atoms in total. The van der Waals surface area contributed by atoms with E-state index in [1.54, 1.807) is 0 Å². The van der Waals surface area contributed by atoms with Crippen molar-refractivity contribution in [3.8, 4) is 0 Å². The van der Waals surface area contributed by atoms with Crippen molar-refractivity contribution in [2.45, 2.75) is 0 Å². The van der Waals surface area contributed by atoms with Gasteiger partial charge in [0.05, 0.1) is 0 Å². The summed E-state index contributed by atoms with van der Waals surface area (Å²) in [4.78, 5) is 0. The number of halogens is 2. The van der Waals surface area contributed by atoms with E-state index in [9.17, 15) is 0 Å². The molecule has 0 spiro atoms. The molecule has 0 saturated heterocycles. The van der Waals surface area contributed by atoms with Crippen molar-refractivity contribution >= 4 is 75.0 Å². The molecule has 5 heteroatoms. The Morgan fingerprint density at radius 2 is 1.20 bits per heavy atom. The maximum Gasteiger partial charge on any atom is 0 e. The number of hydrogen-bond donors (Lipinski definition) is 0. The van der Waals surface area contributed by atoms with Crippen molar-refractivity contribution in [1.82, 2.24) is 0 Å². The van der Waals surface area contributed by atoms with E-state index in [1.807, 2.05) is 0 Å². The summed E-state index contributed by atoms with van der Waals surface area (Å²) in [6.45, 7) is 0. The summed E-state index contributed by atoms with van der Waals surface area (Å²) in [6.07, 6.45) is 0. The van der Waals surface area contributed by atoms with E-state index in [4.69, 9.17) is 0 Å². The molecule has 5 heavy (non-hydrogen) atoms. The summed E-state index contributed by atoms with van der Waals surface area (Å²) in [5.74, 6) is 0. The van der Waals surface area contributed by atoms with Crippen LogP contribution in [0.25, 0.3) is 0 Å². The predicted octanol–water partition coefficient (Wildman–Crippen LogP) is 1.01. The van der Waals surface area contributed by atoms with Gasteiger partial charge >= 0.3 is 49.1 Å². The third kappa shape index (κ3) is 18.7. The molecule has 0 atom stereocenters. The van der Waals surface area contributed by atoms with E-state index in [-0.39, 0.29) is 42.9 Å². The molecule has 0 aromatic carbocycles. The standard InChI is InChI=1S/Cu.I2Se.In/c;1-3-2;. The van der Waals surface area contributed by atoms with E-state index in [0.29, 0.717) is 0 Å². The molecule has 0 N–H and O–H groups in total. The molecule has 0 bridgehead atoms. The second-order valence-electron chi connectivity index (χ2n) is 0.0583. The van der Waals surface area contributed by atoms with Gasteiger partial charge in [-0.15, -0.1) is 0 Å². The maximum absolute atomic E-state index is 2.34. The minimum absolute atomic E-state index is 0. The molecule has 0 aromatic heterocycles. The van der Waals surface area contributed by atoms with Gasteiger partial charge in [-0.25, -0.2) is 0 Å². The average molecular weight is 511 g/mol. The van der Waals surface area contributed by atoms with Crippen molar-refractivity contribution in [3.05, 3.63) is 0 Å². The van der Waals surface area contributed by atoms with Gasteiger partial charge in [0.15, 0.2) is 0 Å². The first-order chi connectivity index (χ1) is 1.41. The summed E-state index contributed by atoms with van der Waals surface area (Å²) in [6, 6.07) is 0. The molecule has 0 rings (SSSR count).